The highest BCUT2D eigenvalue weighted by atomic mass is 32.2. The molecule has 2 aromatic rings. The first-order valence-corrected chi connectivity index (χ1v) is 7.18. The minimum absolute atomic E-state index is 0.0642. The van der Waals surface area contributed by atoms with Crippen molar-refractivity contribution in [1.82, 2.24) is 15.0 Å². The highest BCUT2D eigenvalue weighted by molar-refractivity contribution is 7.92. The summed E-state index contributed by atoms with van der Waals surface area (Å²) in [5.41, 5.74) is 0.0312. The Hall–Kier alpha value is -2.03. The lowest BCUT2D eigenvalue weighted by atomic mass is 10.2. The van der Waals surface area contributed by atoms with E-state index in [9.17, 15) is 17.6 Å². The van der Waals surface area contributed by atoms with Gasteiger partial charge in [-0.3, -0.25) is 0 Å². The molecule has 1 fully saturated rings. The molecule has 1 aromatic carbocycles. The number of carbonyl (C=O) groups is 1. The minimum Gasteiger partial charge on any atom is -0.478 e. The third-order valence-corrected chi connectivity index (χ3v) is 4.81. The van der Waals surface area contributed by atoms with Gasteiger partial charge in [0.05, 0.1) is 28.6 Å². The van der Waals surface area contributed by atoms with Gasteiger partial charge in [0.2, 0.25) is 0 Å². The summed E-state index contributed by atoms with van der Waals surface area (Å²) in [6.07, 6.45) is 0. The summed E-state index contributed by atoms with van der Waals surface area (Å²) < 4.78 is 37.1. The molecule has 1 N–H and O–H groups in total. The van der Waals surface area contributed by atoms with Crippen LogP contribution in [0.4, 0.5) is 4.39 Å². The maximum atomic E-state index is 13.4. The Bertz CT molecular complexity index is 786. The third-order valence-electron chi connectivity index (χ3n) is 3.03. The van der Waals surface area contributed by atoms with Crippen molar-refractivity contribution < 1.29 is 22.7 Å². The van der Waals surface area contributed by atoms with E-state index in [-0.39, 0.29) is 23.1 Å². The number of hydrogen-bond donors (Lipinski definition) is 1. The van der Waals surface area contributed by atoms with Gasteiger partial charge in [-0.25, -0.2) is 22.3 Å². The van der Waals surface area contributed by atoms with Crippen LogP contribution in [0.2, 0.25) is 0 Å². The van der Waals surface area contributed by atoms with Gasteiger partial charge in [0.15, 0.2) is 9.84 Å². The van der Waals surface area contributed by atoms with Crippen LogP contribution in [0.15, 0.2) is 12.1 Å². The topological polar surface area (TPSA) is 102 Å². The first kappa shape index (κ1) is 12.0. The second-order valence-electron chi connectivity index (χ2n) is 4.39. The molecule has 0 radical (unpaired) electrons. The van der Waals surface area contributed by atoms with Crippen molar-refractivity contribution in [2.75, 3.05) is 11.5 Å². The van der Waals surface area contributed by atoms with Crippen molar-refractivity contribution in [2.24, 2.45) is 0 Å². The van der Waals surface area contributed by atoms with Gasteiger partial charge in [0, 0.05) is 6.07 Å². The number of aromatic carboxylic acids is 1. The van der Waals surface area contributed by atoms with E-state index in [1.165, 1.54) is 4.68 Å². The van der Waals surface area contributed by atoms with Crippen LogP contribution in [0, 0.1) is 5.82 Å². The SMILES string of the molecule is O=C(O)c1cc2c(cc1F)nnn2C1CS(=O)(=O)C1. The molecule has 1 aromatic heterocycles. The lowest BCUT2D eigenvalue weighted by Gasteiger charge is -2.25. The van der Waals surface area contributed by atoms with Gasteiger partial charge in [-0.1, -0.05) is 5.21 Å². The van der Waals surface area contributed by atoms with Crippen LogP contribution in [0.25, 0.3) is 11.0 Å². The van der Waals surface area contributed by atoms with Gasteiger partial charge in [0.25, 0.3) is 0 Å². The summed E-state index contributed by atoms with van der Waals surface area (Å²) in [7, 11) is -3.04. The number of carboxylic acid groups (broad SMARTS) is 1. The summed E-state index contributed by atoms with van der Waals surface area (Å²) in [5.74, 6) is -2.42. The van der Waals surface area contributed by atoms with Gasteiger partial charge in [-0.2, -0.15) is 0 Å². The maximum Gasteiger partial charge on any atom is 0.338 e. The fourth-order valence-electron chi connectivity index (χ4n) is 2.07. The molecular weight excluding hydrogens is 277 g/mol. The molecule has 3 rings (SSSR count). The Morgan fingerprint density at radius 1 is 1.42 bits per heavy atom. The zero-order chi connectivity index (χ0) is 13.8. The maximum absolute atomic E-state index is 13.4. The predicted molar refractivity (Wildman–Crippen MR) is 62.1 cm³/mol. The number of benzene rings is 1. The van der Waals surface area contributed by atoms with Gasteiger partial charge in [0.1, 0.15) is 11.3 Å². The van der Waals surface area contributed by atoms with Gasteiger partial charge < -0.3 is 5.11 Å². The molecule has 100 valence electrons. The summed E-state index contributed by atoms with van der Waals surface area (Å²) in [6.45, 7) is 0. The fraction of sp³-hybridized carbons (Fsp3) is 0.300. The Labute approximate surface area is 106 Å². The van der Waals surface area contributed by atoms with Gasteiger partial charge in [-0.15, -0.1) is 5.10 Å². The molecule has 9 heteroatoms. The van der Waals surface area contributed by atoms with Crippen LogP contribution in [-0.2, 0) is 9.84 Å². The zero-order valence-corrected chi connectivity index (χ0v) is 10.3. The first-order chi connectivity index (χ1) is 8.87. The molecule has 0 aliphatic carbocycles. The molecule has 19 heavy (non-hydrogen) atoms. The zero-order valence-electron chi connectivity index (χ0n) is 9.45. The molecule has 0 unspecified atom stereocenters. The predicted octanol–water partition coefficient (Wildman–Crippen LogP) is 0.238. The second-order valence-corrected chi connectivity index (χ2v) is 6.54. The van der Waals surface area contributed by atoms with Crippen molar-refractivity contribution in [1.29, 1.82) is 0 Å². The molecular formula is C10H8FN3O4S. The lowest BCUT2D eigenvalue weighted by molar-refractivity contribution is 0.0692. The number of hydrogen-bond acceptors (Lipinski definition) is 5. The second kappa shape index (κ2) is 3.73. The summed E-state index contributed by atoms with van der Waals surface area (Å²) >= 11 is 0. The number of halogens is 1. The van der Waals surface area contributed by atoms with E-state index in [2.05, 4.69) is 10.3 Å². The Kier molecular flexibility index (Phi) is 2.36. The van der Waals surface area contributed by atoms with Crippen LogP contribution in [0.3, 0.4) is 0 Å². The molecule has 0 saturated carbocycles. The number of nitrogens with zero attached hydrogens (tertiary/aromatic N) is 3. The van der Waals surface area contributed by atoms with Crippen molar-refractivity contribution in [3.63, 3.8) is 0 Å². The highest BCUT2D eigenvalue weighted by Gasteiger charge is 2.36. The normalized spacial score (nSPS) is 18.4. The van der Waals surface area contributed by atoms with Crippen LogP contribution >= 0.6 is 0 Å². The average molecular weight is 285 g/mol. The highest BCUT2D eigenvalue weighted by Crippen LogP contribution is 2.27. The molecule has 7 nitrogen and oxygen atoms in total. The number of sulfone groups is 1. The van der Waals surface area contributed by atoms with Crippen molar-refractivity contribution >= 4 is 26.8 Å². The molecule has 1 aliphatic rings. The molecule has 2 heterocycles. The van der Waals surface area contributed by atoms with Crippen LogP contribution in [0.5, 0.6) is 0 Å². The first-order valence-electron chi connectivity index (χ1n) is 5.35. The number of aromatic nitrogens is 3. The standard InChI is InChI=1S/C10H8FN3O4S/c11-7-2-8-9(1-6(7)10(15)16)14(13-12-8)5-3-19(17,18)4-5/h1-2,5H,3-4H2,(H,15,16). The minimum atomic E-state index is -3.04. The van der Waals surface area contributed by atoms with E-state index < -0.39 is 27.2 Å². The van der Waals surface area contributed by atoms with E-state index in [1.807, 2.05) is 0 Å². The van der Waals surface area contributed by atoms with Crippen molar-refractivity contribution in [2.45, 2.75) is 6.04 Å². The lowest BCUT2D eigenvalue weighted by Crippen LogP contribution is -2.38. The summed E-state index contributed by atoms with van der Waals surface area (Å²) in [4.78, 5) is 10.9. The third kappa shape index (κ3) is 1.86. The van der Waals surface area contributed by atoms with Crippen LogP contribution in [0.1, 0.15) is 16.4 Å². The Balaban J connectivity index is 2.12. The number of fused-ring (bicyclic) bond motifs is 1. The molecule has 0 bridgehead atoms. The van der Waals surface area contributed by atoms with E-state index in [0.29, 0.717) is 5.52 Å². The molecule has 0 spiro atoms. The van der Waals surface area contributed by atoms with Crippen LogP contribution < -0.4 is 0 Å². The van der Waals surface area contributed by atoms with E-state index in [1.54, 1.807) is 0 Å². The number of carboxylic acids is 1. The molecule has 1 saturated heterocycles. The van der Waals surface area contributed by atoms with E-state index in [4.69, 9.17) is 5.11 Å². The van der Waals surface area contributed by atoms with Crippen molar-refractivity contribution in [3.05, 3.63) is 23.5 Å². The Morgan fingerprint density at radius 3 is 2.68 bits per heavy atom. The monoisotopic (exact) mass is 285 g/mol. The van der Waals surface area contributed by atoms with Gasteiger partial charge >= 0.3 is 5.97 Å². The number of rotatable bonds is 2. The van der Waals surface area contributed by atoms with E-state index >= 15 is 0 Å². The molecule has 0 amide bonds. The summed E-state index contributed by atoms with van der Waals surface area (Å²) in [5, 5.41) is 16.3. The fourth-order valence-corrected chi connectivity index (χ4v) is 3.43. The van der Waals surface area contributed by atoms with Crippen LogP contribution in [-0.4, -0.2) is 46.0 Å². The largest absolute Gasteiger partial charge is 0.478 e. The smallest absolute Gasteiger partial charge is 0.338 e. The van der Waals surface area contributed by atoms with Crippen molar-refractivity contribution in [3.8, 4) is 0 Å². The quantitative estimate of drug-likeness (QED) is 0.847. The average Bonchev–Trinajstić information content (AvgIpc) is 2.66. The Morgan fingerprint density at radius 2 is 2.11 bits per heavy atom. The molecule has 1 aliphatic heterocycles. The van der Waals surface area contributed by atoms with E-state index in [0.717, 1.165) is 12.1 Å². The molecule has 0 atom stereocenters. The summed E-state index contributed by atoms with van der Waals surface area (Å²) in [6, 6.07) is 1.73. The van der Waals surface area contributed by atoms with Gasteiger partial charge in [-0.05, 0) is 6.07 Å².